The number of unbranched alkanes of at least 4 members (excludes halogenated alkanes) is 1. The van der Waals surface area contributed by atoms with Crippen LogP contribution in [-0.4, -0.2) is 11.0 Å². The molecular formula is C8H15S. The third-order valence-electron chi connectivity index (χ3n) is 1.80. The highest BCUT2D eigenvalue weighted by Gasteiger charge is 2.16. The molecule has 1 heteroatoms. The second kappa shape index (κ2) is 4.21. The zero-order chi connectivity index (χ0) is 6.53. The van der Waals surface area contributed by atoms with Crippen LogP contribution in [0.5, 0.6) is 0 Å². The maximum atomic E-state index is 3.81. The summed E-state index contributed by atoms with van der Waals surface area (Å²) in [6.07, 6.45) is 6.84. The standard InChI is InChI=1S/C8H15S/c1-2-3-7-9-8-5-4-6-8/h8H,1-7H2. The molecule has 0 aromatic heterocycles. The van der Waals surface area contributed by atoms with Gasteiger partial charge in [-0.05, 0) is 25.0 Å². The highest BCUT2D eigenvalue weighted by Crippen LogP contribution is 2.31. The molecular weight excluding hydrogens is 128 g/mol. The van der Waals surface area contributed by atoms with Crippen molar-refractivity contribution in [3.8, 4) is 0 Å². The van der Waals surface area contributed by atoms with E-state index in [9.17, 15) is 0 Å². The molecule has 0 atom stereocenters. The molecule has 0 unspecified atom stereocenters. The first-order valence-corrected chi connectivity index (χ1v) is 4.89. The first-order chi connectivity index (χ1) is 4.43. The molecule has 53 valence electrons. The Bertz CT molecular complexity index is 67.0. The van der Waals surface area contributed by atoms with Crippen LogP contribution in [0.15, 0.2) is 0 Å². The minimum Gasteiger partial charge on any atom is -0.159 e. The lowest BCUT2D eigenvalue weighted by atomic mass is 10.0. The van der Waals surface area contributed by atoms with Gasteiger partial charge < -0.3 is 0 Å². The summed E-state index contributed by atoms with van der Waals surface area (Å²) in [6.45, 7) is 3.81. The van der Waals surface area contributed by atoms with Crippen LogP contribution in [0.2, 0.25) is 0 Å². The van der Waals surface area contributed by atoms with E-state index in [-0.39, 0.29) is 0 Å². The molecule has 1 fully saturated rings. The minimum absolute atomic E-state index is 1.02. The van der Waals surface area contributed by atoms with Crippen LogP contribution in [0, 0.1) is 6.92 Å². The Kier molecular flexibility index (Phi) is 3.49. The van der Waals surface area contributed by atoms with Crippen molar-refractivity contribution in [3.05, 3.63) is 6.92 Å². The summed E-state index contributed by atoms with van der Waals surface area (Å²) >= 11 is 2.15. The Morgan fingerprint density at radius 1 is 1.44 bits per heavy atom. The van der Waals surface area contributed by atoms with Crippen LogP contribution >= 0.6 is 11.8 Å². The van der Waals surface area contributed by atoms with Gasteiger partial charge in [0.05, 0.1) is 0 Å². The maximum Gasteiger partial charge on any atom is 0.00470 e. The van der Waals surface area contributed by atoms with Gasteiger partial charge in [-0.2, -0.15) is 11.8 Å². The van der Waals surface area contributed by atoms with Crippen LogP contribution in [-0.2, 0) is 0 Å². The summed E-state index contributed by atoms with van der Waals surface area (Å²) in [5, 5.41) is 1.02. The third-order valence-corrected chi connectivity index (χ3v) is 3.27. The maximum absolute atomic E-state index is 3.81. The SMILES string of the molecule is [CH2]CCCSC1CCC1. The summed E-state index contributed by atoms with van der Waals surface area (Å²) in [7, 11) is 0. The highest BCUT2D eigenvalue weighted by molar-refractivity contribution is 7.99. The molecule has 0 heterocycles. The molecule has 0 amide bonds. The van der Waals surface area contributed by atoms with Crippen molar-refractivity contribution in [1.82, 2.24) is 0 Å². The van der Waals surface area contributed by atoms with Crippen LogP contribution in [0.25, 0.3) is 0 Å². The molecule has 1 aliphatic rings. The van der Waals surface area contributed by atoms with Crippen molar-refractivity contribution in [3.63, 3.8) is 0 Å². The topological polar surface area (TPSA) is 0 Å². The quantitative estimate of drug-likeness (QED) is 0.545. The molecule has 1 aliphatic carbocycles. The predicted molar refractivity (Wildman–Crippen MR) is 44.7 cm³/mol. The average molecular weight is 143 g/mol. The second-order valence-corrected chi connectivity index (χ2v) is 4.04. The first-order valence-electron chi connectivity index (χ1n) is 3.84. The number of hydrogen-bond donors (Lipinski definition) is 0. The second-order valence-electron chi connectivity index (χ2n) is 2.63. The van der Waals surface area contributed by atoms with Crippen molar-refractivity contribution >= 4 is 11.8 Å². The van der Waals surface area contributed by atoms with Gasteiger partial charge in [0.25, 0.3) is 0 Å². The van der Waals surface area contributed by atoms with Crippen molar-refractivity contribution < 1.29 is 0 Å². The van der Waals surface area contributed by atoms with E-state index in [0.717, 1.165) is 11.7 Å². The Hall–Kier alpha value is 0.350. The van der Waals surface area contributed by atoms with E-state index in [4.69, 9.17) is 0 Å². The fraction of sp³-hybridized carbons (Fsp3) is 0.875. The Morgan fingerprint density at radius 2 is 2.22 bits per heavy atom. The Morgan fingerprint density at radius 3 is 2.67 bits per heavy atom. The van der Waals surface area contributed by atoms with Gasteiger partial charge in [-0.3, -0.25) is 0 Å². The average Bonchev–Trinajstić information content (AvgIpc) is 1.76. The van der Waals surface area contributed by atoms with Gasteiger partial charge in [0, 0.05) is 5.25 Å². The molecule has 0 spiro atoms. The van der Waals surface area contributed by atoms with E-state index in [1.165, 1.54) is 31.4 Å². The van der Waals surface area contributed by atoms with Crippen molar-refractivity contribution in [2.24, 2.45) is 0 Å². The van der Waals surface area contributed by atoms with E-state index in [0.29, 0.717) is 0 Å². The van der Waals surface area contributed by atoms with Crippen molar-refractivity contribution in [1.29, 1.82) is 0 Å². The fourth-order valence-corrected chi connectivity index (χ4v) is 2.26. The summed E-state index contributed by atoms with van der Waals surface area (Å²) < 4.78 is 0. The molecule has 0 N–H and O–H groups in total. The van der Waals surface area contributed by atoms with Crippen molar-refractivity contribution in [2.45, 2.75) is 37.4 Å². The molecule has 0 aromatic carbocycles. The molecule has 1 saturated carbocycles. The van der Waals surface area contributed by atoms with E-state index in [1.54, 1.807) is 0 Å². The molecule has 9 heavy (non-hydrogen) atoms. The van der Waals surface area contributed by atoms with Gasteiger partial charge in [0.15, 0.2) is 0 Å². The lowest BCUT2D eigenvalue weighted by Gasteiger charge is -2.24. The van der Waals surface area contributed by atoms with E-state index in [1.807, 2.05) is 0 Å². The van der Waals surface area contributed by atoms with Crippen LogP contribution in [0.3, 0.4) is 0 Å². The minimum atomic E-state index is 1.02. The lowest BCUT2D eigenvalue weighted by molar-refractivity contribution is 0.522. The zero-order valence-electron chi connectivity index (χ0n) is 5.94. The van der Waals surface area contributed by atoms with Gasteiger partial charge in [-0.15, -0.1) is 0 Å². The molecule has 0 saturated heterocycles. The molecule has 0 nitrogen and oxygen atoms in total. The highest BCUT2D eigenvalue weighted by atomic mass is 32.2. The normalized spacial score (nSPS) is 19.7. The molecule has 0 bridgehead atoms. The predicted octanol–water partition coefficient (Wildman–Crippen LogP) is 2.89. The van der Waals surface area contributed by atoms with E-state index < -0.39 is 0 Å². The first kappa shape index (κ1) is 7.46. The summed E-state index contributed by atoms with van der Waals surface area (Å²) in [6, 6.07) is 0. The van der Waals surface area contributed by atoms with Crippen LogP contribution < -0.4 is 0 Å². The summed E-state index contributed by atoms with van der Waals surface area (Å²) in [4.78, 5) is 0. The van der Waals surface area contributed by atoms with Crippen molar-refractivity contribution in [2.75, 3.05) is 5.75 Å². The largest absolute Gasteiger partial charge is 0.159 e. The Labute approximate surface area is 62.4 Å². The molecule has 0 aliphatic heterocycles. The number of thioether (sulfide) groups is 1. The molecule has 1 radical (unpaired) electrons. The summed E-state index contributed by atoms with van der Waals surface area (Å²) in [5.74, 6) is 1.34. The monoisotopic (exact) mass is 143 g/mol. The van der Waals surface area contributed by atoms with Gasteiger partial charge in [-0.1, -0.05) is 19.8 Å². The Balaban J connectivity index is 1.80. The number of rotatable bonds is 4. The van der Waals surface area contributed by atoms with Crippen LogP contribution in [0.1, 0.15) is 32.1 Å². The van der Waals surface area contributed by atoms with Gasteiger partial charge >= 0.3 is 0 Å². The molecule has 1 rings (SSSR count). The summed E-state index contributed by atoms with van der Waals surface area (Å²) in [5.41, 5.74) is 0. The van der Waals surface area contributed by atoms with E-state index >= 15 is 0 Å². The lowest BCUT2D eigenvalue weighted by Crippen LogP contribution is -2.13. The van der Waals surface area contributed by atoms with Gasteiger partial charge in [0.2, 0.25) is 0 Å². The van der Waals surface area contributed by atoms with Gasteiger partial charge in [-0.25, -0.2) is 0 Å². The van der Waals surface area contributed by atoms with Crippen LogP contribution in [0.4, 0.5) is 0 Å². The fourth-order valence-electron chi connectivity index (χ4n) is 0.890. The van der Waals surface area contributed by atoms with Gasteiger partial charge in [0.1, 0.15) is 0 Å². The zero-order valence-corrected chi connectivity index (χ0v) is 6.75. The third kappa shape index (κ3) is 2.61. The number of hydrogen-bond acceptors (Lipinski definition) is 1. The molecule has 0 aromatic rings. The smallest absolute Gasteiger partial charge is 0.00470 e. The van der Waals surface area contributed by atoms with E-state index in [2.05, 4.69) is 18.7 Å².